The molecule has 0 spiro atoms. The molecular formula is C20H21F3N2O3S. The quantitative estimate of drug-likeness (QED) is 0.771. The van der Waals surface area contributed by atoms with E-state index in [4.69, 9.17) is 0 Å². The Bertz CT molecular complexity index is 961. The molecule has 1 aliphatic rings. The summed E-state index contributed by atoms with van der Waals surface area (Å²) in [4.78, 5) is 12.3. The molecule has 3 rings (SSSR count). The third-order valence-corrected chi connectivity index (χ3v) is 6.90. The van der Waals surface area contributed by atoms with E-state index >= 15 is 0 Å². The van der Waals surface area contributed by atoms with Crippen LogP contribution in [-0.2, 0) is 21.4 Å². The second-order valence-corrected chi connectivity index (χ2v) is 8.79. The SMILES string of the molecule is O=C(C[C@@H]1CCCCN1S(=O)(=O)c1ccc(F)cc1)NCc1c(F)cccc1F. The Balaban J connectivity index is 1.69. The van der Waals surface area contributed by atoms with Gasteiger partial charge in [-0.1, -0.05) is 12.5 Å². The van der Waals surface area contributed by atoms with Crippen molar-refractivity contribution in [1.82, 2.24) is 9.62 Å². The fourth-order valence-electron chi connectivity index (χ4n) is 3.41. The first-order chi connectivity index (χ1) is 13.8. The van der Waals surface area contributed by atoms with E-state index in [1.807, 2.05) is 0 Å². The van der Waals surface area contributed by atoms with Crippen molar-refractivity contribution in [1.29, 1.82) is 0 Å². The maximum absolute atomic E-state index is 13.7. The average molecular weight is 426 g/mol. The van der Waals surface area contributed by atoms with Crippen LogP contribution < -0.4 is 5.32 Å². The fourth-order valence-corrected chi connectivity index (χ4v) is 5.10. The normalized spacial score (nSPS) is 17.8. The summed E-state index contributed by atoms with van der Waals surface area (Å²) in [6, 6.07) is 7.38. The van der Waals surface area contributed by atoms with E-state index in [0.29, 0.717) is 12.8 Å². The van der Waals surface area contributed by atoms with Crippen molar-refractivity contribution >= 4 is 15.9 Å². The maximum Gasteiger partial charge on any atom is 0.243 e. The minimum atomic E-state index is -3.89. The molecule has 2 aromatic carbocycles. The Morgan fingerprint density at radius 1 is 1.03 bits per heavy atom. The third-order valence-electron chi connectivity index (χ3n) is 4.94. The number of sulfonamides is 1. The number of halogens is 3. The zero-order chi connectivity index (χ0) is 21.0. The van der Waals surface area contributed by atoms with E-state index < -0.39 is 39.4 Å². The molecule has 0 radical (unpaired) electrons. The molecule has 1 amide bonds. The molecule has 1 fully saturated rings. The highest BCUT2D eigenvalue weighted by Gasteiger charge is 2.34. The van der Waals surface area contributed by atoms with Crippen molar-refractivity contribution in [3.8, 4) is 0 Å². The molecule has 0 bridgehead atoms. The van der Waals surface area contributed by atoms with Gasteiger partial charge in [-0.15, -0.1) is 0 Å². The monoisotopic (exact) mass is 426 g/mol. The van der Waals surface area contributed by atoms with Gasteiger partial charge in [-0.05, 0) is 49.2 Å². The van der Waals surface area contributed by atoms with Crippen LogP contribution in [0.15, 0.2) is 47.4 Å². The lowest BCUT2D eigenvalue weighted by atomic mass is 10.0. The van der Waals surface area contributed by atoms with Crippen molar-refractivity contribution in [3.63, 3.8) is 0 Å². The van der Waals surface area contributed by atoms with Gasteiger partial charge in [0.2, 0.25) is 15.9 Å². The Kier molecular flexibility index (Phi) is 6.59. The van der Waals surface area contributed by atoms with Crippen molar-refractivity contribution in [2.45, 2.75) is 43.2 Å². The fraction of sp³-hybridized carbons (Fsp3) is 0.350. The molecule has 0 unspecified atom stereocenters. The van der Waals surface area contributed by atoms with Crippen molar-refractivity contribution in [3.05, 3.63) is 65.5 Å². The van der Waals surface area contributed by atoms with Gasteiger partial charge in [0.05, 0.1) is 4.90 Å². The van der Waals surface area contributed by atoms with Gasteiger partial charge in [0, 0.05) is 31.1 Å². The number of nitrogens with one attached hydrogen (secondary N) is 1. The summed E-state index contributed by atoms with van der Waals surface area (Å²) in [5, 5.41) is 2.46. The minimum Gasteiger partial charge on any atom is -0.352 e. The number of nitrogens with zero attached hydrogens (tertiary/aromatic N) is 1. The van der Waals surface area contributed by atoms with Crippen molar-refractivity contribution < 1.29 is 26.4 Å². The van der Waals surface area contributed by atoms with Gasteiger partial charge < -0.3 is 5.32 Å². The zero-order valence-corrected chi connectivity index (χ0v) is 16.4. The molecule has 9 heteroatoms. The van der Waals surface area contributed by atoms with Crippen molar-refractivity contribution in [2.24, 2.45) is 0 Å². The van der Waals surface area contributed by atoms with Crippen LogP contribution in [0.5, 0.6) is 0 Å². The number of piperidine rings is 1. The molecule has 1 atom stereocenters. The van der Waals surface area contributed by atoms with Gasteiger partial charge in [0.15, 0.2) is 0 Å². The summed E-state index contributed by atoms with van der Waals surface area (Å²) >= 11 is 0. The highest BCUT2D eigenvalue weighted by Crippen LogP contribution is 2.27. The Morgan fingerprint density at radius 2 is 1.69 bits per heavy atom. The summed E-state index contributed by atoms with van der Waals surface area (Å²) in [6.45, 7) is -0.0750. The van der Waals surface area contributed by atoms with E-state index in [9.17, 15) is 26.4 Å². The third kappa shape index (κ3) is 4.97. The second-order valence-electron chi connectivity index (χ2n) is 6.90. The van der Waals surface area contributed by atoms with Gasteiger partial charge in [0.1, 0.15) is 17.5 Å². The number of amides is 1. The standard InChI is InChI=1S/C20H21F3N2O3S/c21-14-7-9-16(10-8-14)29(27,28)25-11-2-1-4-15(25)12-20(26)24-13-17-18(22)5-3-6-19(17)23/h3,5-10,15H,1-2,4,11-13H2,(H,24,26)/t15-/m0/s1. The van der Waals surface area contributed by atoms with Crippen LogP contribution >= 0.6 is 0 Å². The highest BCUT2D eigenvalue weighted by molar-refractivity contribution is 7.89. The van der Waals surface area contributed by atoms with E-state index in [1.54, 1.807) is 0 Å². The van der Waals surface area contributed by atoms with Crippen LogP contribution in [0.25, 0.3) is 0 Å². The lowest BCUT2D eigenvalue weighted by Crippen LogP contribution is -2.45. The number of carbonyl (C=O) groups is 1. The average Bonchev–Trinajstić information content (AvgIpc) is 2.68. The van der Waals surface area contributed by atoms with Crippen LogP contribution in [0.3, 0.4) is 0 Å². The number of hydrogen-bond acceptors (Lipinski definition) is 3. The highest BCUT2D eigenvalue weighted by atomic mass is 32.2. The first-order valence-corrected chi connectivity index (χ1v) is 10.7. The lowest BCUT2D eigenvalue weighted by Gasteiger charge is -2.34. The molecule has 1 N–H and O–H groups in total. The molecule has 0 aromatic heterocycles. The molecule has 0 saturated carbocycles. The van der Waals surface area contributed by atoms with Gasteiger partial charge in [-0.2, -0.15) is 4.31 Å². The van der Waals surface area contributed by atoms with E-state index in [-0.39, 0.29) is 30.0 Å². The summed E-state index contributed by atoms with van der Waals surface area (Å²) < 4.78 is 67.6. The van der Waals surface area contributed by atoms with Gasteiger partial charge in [0.25, 0.3) is 0 Å². The molecule has 156 valence electrons. The van der Waals surface area contributed by atoms with Crippen LogP contribution in [-0.4, -0.2) is 31.2 Å². The van der Waals surface area contributed by atoms with E-state index in [2.05, 4.69) is 5.32 Å². The van der Waals surface area contributed by atoms with Crippen LogP contribution in [0, 0.1) is 17.5 Å². The molecule has 5 nitrogen and oxygen atoms in total. The van der Waals surface area contributed by atoms with Crippen LogP contribution in [0.4, 0.5) is 13.2 Å². The Labute approximate surface area is 167 Å². The minimum absolute atomic E-state index is 0.0420. The maximum atomic E-state index is 13.7. The van der Waals surface area contributed by atoms with Crippen molar-refractivity contribution in [2.75, 3.05) is 6.54 Å². The molecule has 29 heavy (non-hydrogen) atoms. The van der Waals surface area contributed by atoms with E-state index in [0.717, 1.165) is 30.7 Å². The summed E-state index contributed by atoms with van der Waals surface area (Å²) in [5.74, 6) is -2.57. The summed E-state index contributed by atoms with van der Waals surface area (Å²) in [5.41, 5.74) is -0.250. The molecule has 1 heterocycles. The number of rotatable bonds is 6. The topological polar surface area (TPSA) is 66.5 Å². The molecule has 0 aliphatic carbocycles. The summed E-state index contributed by atoms with van der Waals surface area (Å²) in [7, 11) is -3.89. The molecule has 1 saturated heterocycles. The zero-order valence-electron chi connectivity index (χ0n) is 15.6. The number of benzene rings is 2. The number of carbonyl (C=O) groups excluding carboxylic acids is 1. The Morgan fingerprint density at radius 3 is 2.34 bits per heavy atom. The predicted molar refractivity (Wildman–Crippen MR) is 101 cm³/mol. The first kappa shape index (κ1) is 21.3. The van der Waals surface area contributed by atoms with Gasteiger partial charge in [-0.3, -0.25) is 4.79 Å². The second kappa shape index (κ2) is 8.96. The molecule has 2 aromatic rings. The summed E-state index contributed by atoms with van der Waals surface area (Å²) in [6.07, 6.45) is 1.77. The number of hydrogen-bond donors (Lipinski definition) is 1. The van der Waals surface area contributed by atoms with Gasteiger partial charge in [-0.25, -0.2) is 21.6 Å². The Hall–Kier alpha value is -2.39. The molecule has 1 aliphatic heterocycles. The smallest absolute Gasteiger partial charge is 0.243 e. The van der Waals surface area contributed by atoms with Gasteiger partial charge >= 0.3 is 0 Å². The van der Waals surface area contributed by atoms with Crippen LogP contribution in [0.1, 0.15) is 31.2 Å². The first-order valence-electron chi connectivity index (χ1n) is 9.26. The predicted octanol–water partition coefficient (Wildman–Crippen LogP) is 3.35. The lowest BCUT2D eigenvalue weighted by molar-refractivity contribution is -0.122. The van der Waals surface area contributed by atoms with E-state index in [1.165, 1.54) is 22.5 Å². The van der Waals surface area contributed by atoms with Crippen LogP contribution in [0.2, 0.25) is 0 Å². The molecular weight excluding hydrogens is 405 g/mol. The largest absolute Gasteiger partial charge is 0.352 e.